The molecule has 0 aliphatic rings. The van der Waals surface area contributed by atoms with Gasteiger partial charge in [-0.3, -0.25) is 9.13 Å². The highest BCUT2D eigenvalue weighted by atomic mass is 35.5. The molecule has 8 rings (SSSR count). The van der Waals surface area contributed by atoms with Crippen LogP contribution in [0.3, 0.4) is 0 Å². The van der Waals surface area contributed by atoms with Gasteiger partial charge in [0.2, 0.25) is 0 Å². The fraction of sp³-hybridized carbons (Fsp3) is 0.100. The number of rotatable bonds is 5. The highest BCUT2D eigenvalue weighted by Gasteiger charge is 2.19. The lowest BCUT2D eigenvalue weighted by Crippen LogP contribution is -2.12. The topological polar surface area (TPSA) is 44.9 Å². The zero-order chi connectivity index (χ0) is 31.4. The Kier molecular flexibility index (Phi) is 6.66. The molecule has 0 radical (unpaired) electrons. The third-order valence-electron chi connectivity index (χ3n) is 8.53. The number of ether oxygens (including phenoxy) is 1. The molecule has 0 saturated carbocycles. The molecule has 0 unspecified atom stereocenters. The van der Waals surface area contributed by atoms with E-state index in [-0.39, 0.29) is 5.41 Å². The Morgan fingerprint density at radius 3 is 2.30 bits per heavy atom. The normalized spacial score (nSPS) is 11.9. The third kappa shape index (κ3) is 4.99. The molecule has 8 aromatic rings. The van der Waals surface area contributed by atoms with Gasteiger partial charge in [0, 0.05) is 34.1 Å². The lowest BCUT2D eigenvalue weighted by Gasteiger charge is -2.20. The smallest absolute Gasteiger partial charge is 0.137 e. The molecule has 0 atom stereocenters. The molecular formula is C40H31ClN4O. The first-order valence-electron chi connectivity index (χ1n) is 15.3. The van der Waals surface area contributed by atoms with Gasteiger partial charge in [0.1, 0.15) is 23.6 Å². The summed E-state index contributed by atoms with van der Waals surface area (Å²) in [7, 11) is 0. The second-order valence-corrected chi connectivity index (χ2v) is 13.0. The molecule has 0 bridgehead atoms. The average Bonchev–Trinajstić information content (AvgIpc) is 3.63. The Morgan fingerprint density at radius 2 is 1.46 bits per heavy atom. The molecule has 5 nitrogen and oxygen atoms in total. The number of fused-ring (bicyclic) bond motifs is 4. The number of nitrogens with zero attached hydrogens (tertiary/aromatic N) is 4. The second kappa shape index (κ2) is 10.9. The van der Waals surface area contributed by atoms with Crippen LogP contribution in [0.25, 0.3) is 55.5 Å². The average molecular weight is 619 g/mol. The summed E-state index contributed by atoms with van der Waals surface area (Å²) in [6.07, 6.45) is 3.75. The van der Waals surface area contributed by atoms with Crippen LogP contribution >= 0.6 is 11.6 Å². The summed E-state index contributed by atoms with van der Waals surface area (Å²) in [5, 5.41) is 2.85. The highest BCUT2D eigenvalue weighted by Crippen LogP contribution is 2.37. The Morgan fingerprint density at radius 1 is 0.630 bits per heavy atom. The first-order chi connectivity index (χ1) is 22.3. The molecule has 5 aromatic carbocycles. The van der Waals surface area contributed by atoms with Gasteiger partial charge < -0.3 is 4.74 Å². The van der Waals surface area contributed by atoms with Crippen LogP contribution in [-0.4, -0.2) is 19.1 Å². The van der Waals surface area contributed by atoms with Gasteiger partial charge in [-0.25, -0.2) is 9.97 Å². The largest absolute Gasteiger partial charge is 0.457 e. The number of hydrogen-bond acceptors (Lipinski definition) is 3. The summed E-state index contributed by atoms with van der Waals surface area (Å²) in [6, 6.07) is 41.3. The molecular weight excluding hydrogens is 588 g/mol. The van der Waals surface area contributed by atoms with Crippen LogP contribution in [0.4, 0.5) is 0 Å². The summed E-state index contributed by atoms with van der Waals surface area (Å²) in [4.78, 5) is 9.52. The summed E-state index contributed by atoms with van der Waals surface area (Å²) in [6.45, 7) is 6.64. The summed E-state index contributed by atoms with van der Waals surface area (Å²) < 4.78 is 10.8. The Hall–Kier alpha value is -5.39. The number of imidazole rings is 1. The number of aromatic nitrogens is 4. The van der Waals surface area contributed by atoms with Crippen molar-refractivity contribution in [3.05, 3.63) is 144 Å². The van der Waals surface area contributed by atoms with Crippen molar-refractivity contribution in [3.63, 3.8) is 0 Å². The Bertz CT molecular complexity index is 2400. The van der Waals surface area contributed by atoms with E-state index < -0.39 is 0 Å². The fourth-order valence-electron chi connectivity index (χ4n) is 6.15. The number of halogens is 1. The van der Waals surface area contributed by atoms with Crippen LogP contribution in [0.5, 0.6) is 11.5 Å². The molecule has 0 aliphatic heterocycles. The van der Waals surface area contributed by atoms with Crippen molar-refractivity contribution >= 4 is 44.4 Å². The van der Waals surface area contributed by atoms with Crippen LogP contribution in [0.15, 0.2) is 134 Å². The van der Waals surface area contributed by atoms with E-state index in [2.05, 4.69) is 109 Å². The van der Waals surface area contributed by atoms with Gasteiger partial charge in [0.05, 0.1) is 27.8 Å². The van der Waals surface area contributed by atoms with Crippen molar-refractivity contribution in [2.45, 2.75) is 26.2 Å². The van der Waals surface area contributed by atoms with Gasteiger partial charge in [-0.2, -0.15) is 0 Å². The predicted octanol–water partition coefficient (Wildman–Crippen LogP) is 10.9. The first kappa shape index (κ1) is 28.1. The van der Waals surface area contributed by atoms with E-state index in [9.17, 15) is 0 Å². The van der Waals surface area contributed by atoms with Gasteiger partial charge in [0.15, 0.2) is 0 Å². The van der Waals surface area contributed by atoms with Crippen molar-refractivity contribution < 1.29 is 4.74 Å². The van der Waals surface area contributed by atoms with E-state index >= 15 is 0 Å². The molecule has 3 heterocycles. The number of pyridine rings is 1. The summed E-state index contributed by atoms with van der Waals surface area (Å²) in [5.41, 5.74) is 8.51. The van der Waals surface area contributed by atoms with Crippen molar-refractivity contribution in [2.75, 3.05) is 0 Å². The molecule has 224 valence electrons. The number of hydrogen-bond donors (Lipinski definition) is 0. The SMILES string of the molecule is CC(C)(C)c1ccnc(-n2c3ccc(Cl)cc3c3ccc(Oc4cccc(-n5cnc6cc(-c7ccccc7)ccc65)c4)cc32)c1. The minimum absolute atomic E-state index is 0.0101. The quantitative estimate of drug-likeness (QED) is 0.193. The molecule has 0 spiro atoms. The maximum absolute atomic E-state index is 6.51. The summed E-state index contributed by atoms with van der Waals surface area (Å²) >= 11 is 6.47. The zero-order valence-corrected chi connectivity index (χ0v) is 26.5. The van der Waals surface area contributed by atoms with Gasteiger partial charge in [-0.05, 0) is 88.8 Å². The zero-order valence-electron chi connectivity index (χ0n) is 25.8. The van der Waals surface area contributed by atoms with E-state index in [0.717, 1.165) is 61.4 Å². The molecule has 0 fully saturated rings. The van der Waals surface area contributed by atoms with Crippen LogP contribution in [0.2, 0.25) is 5.02 Å². The maximum atomic E-state index is 6.51. The van der Waals surface area contributed by atoms with Crippen molar-refractivity contribution in [1.82, 2.24) is 19.1 Å². The van der Waals surface area contributed by atoms with Crippen LogP contribution in [0.1, 0.15) is 26.3 Å². The van der Waals surface area contributed by atoms with E-state index in [1.165, 1.54) is 11.1 Å². The van der Waals surface area contributed by atoms with Crippen molar-refractivity contribution in [1.29, 1.82) is 0 Å². The highest BCUT2D eigenvalue weighted by molar-refractivity contribution is 6.32. The van der Waals surface area contributed by atoms with E-state index in [1.807, 2.05) is 55.0 Å². The molecule has 6 heteroatoms. The molecule has 0 amide bonds. The van der Waals surface area contributed by atoms with Gasteiger partial charge in [-0.15, -0.1) is 0 Å². The Labute approximate surface area is 272 Å². The van der Waals surface area contributed by atoms with Crippen LogP contribution < -0.4 is 4.74 Å². The lowest BCUT2D eigenvalue weighted by molar-refractivity contribution is 0.483. The third-order valence-corrected chi connectivity index (χ3v) is 8.76. The molecule has 3 aromatic heterocycles. The lowest BCUT2D eigenvalue weighted by atomic mass is 9.88. The minimum atomic E-state index is -0.0101. The minimum Gasteiger partial charge on any atom is -0.457 e. The predicted molar refractivity (Wildman–Crippen MR) is 189 cm³/mol. The molecule has 0 saturated heterocycles. The first-order valence-corrected chi connectivity index (χ1v) is 15.7. The van der Waals surface area contributed by atoms with Gasteiger partial charge in [0.25, 0.3) is 0 Å². The van der Waals surface area contributed by atoms with Crippen molar-refractivity contribution in [2.24, 2.45) is 0 Å². The van der Waals surface area contributed by atoms with E-state index in [0.29, 0.717) is 5.02 Å². The van der Waals surface area contributed by atoms with Crippen LogP contribution in [-0.2, 0) is 5.41 Å². The monoisotopic (exact) mass is 618 g/mol. The van der Waals surface area contributed by atoms with E-state index in [1.54, 1.807) is 0 Å². The fourth-order valence-corrected chi connectivity index (χ4v) is 6.32. The van der Waals surface area contributed by atoms with Crippen LogP contribution in [0, 0.1) is 0 Å². The van der Waals surface area contributed by atoms with E-state index in [4.69, 9.17) is 26.3 Å². The maximum Gasteiger partial charge on any atom is 0.137 e. The Balaban J connectivity index is 1.18. The number of benzene rings is 5. The molecule has 46 heavy (non-hydrogen) atoms. The van der Waals surface area contributed by atoms with Crippen molar-refractivity contribution in [3.8, 4) is 34.1 Å². The standard InChI is InChI=1S/C40H31ClN4O/c1-40(2,3)28-18-19-42-39(21-28)45-36-17-13-29(41)22-34(36)33-15-14-32(24-38(33)45)46-31-11-7-10-30(23-31)44-25-43-35-20-27(12-16-37(35)44)26-8-5-4-6-9-26/h4-25H,1-3H3. The van der Waals surface area contributed by atoms with Gasteiger partial charge in [-0.1, -0.05) is 74.8 Å². The summed E-state index contributed by atoms with van der Waals surface area (Å²) in [5.74, 6) is 2.32. The molecule has 0 aliphatic carbocycles. The second-order valence-electron chi connectivity index (χ2n) is 12.6. The molecule has 0 N–H and O–H groups in total. The van der Waals surface area contributed by atoms with Gasteiger partial charge >= 0.3 is 0 Å².